The van der Waals surface area contributed by atoms with Crippen molar-refractivity contribution in [2.24, 2.45) is 5.92 Å². The molecule has 0 spiro atoms. The fraction of sp³-hybridized carbons (Fsp3) is 0.375. The molecular weight excluding hydrogens is 268 g/mol. The number of hydrogen-bond donors (Lipinski definition) is 2. The molecule has 1 aromatic carbocycles. The first kappa shape index (κ1) is 15.3. The Labute approximate surface area is 124 Å². The zero-order chi connectivity index (χ0) is 15.1. The van der Waals surface area contributed by atoms with E-state index in [-0.39, 0.29) is 18.2 Å². The maximum absolute atomic E-state index is 12.5. The van der Waals surface area contributed by atoms with Crippen molar-refractivity contribution in [2.45, 2.75) is 32.2 Å². The highest BCUT2D eigenvalue weighted by atomic mass is 16.5. The van der Waals surface area contributed by atoms with E-state index in [4.69, 9.17) is 5.21 Å². The Hall–Kier alpha value is -2.14. The maximum Gasteiger partial charge on any atom is 0.243 e. The highest BCUT2D eigenvalue weighted by Crippen LogP contribution is 2.22. The van der Waals surface area contributed by atoms with Gasteiger partial charge in [-0.25, -0.2) is 5.48 Å². The third-order valence-corrected chi connectivity index (χ3v) is 3.64. The van der Waals surface area contributed by atoms with Crippen LogP contribution in [-0.4, -0.2) is 21.9 Å². The minimum absolute atomic E-state index is 0.0401. The summed E-state index contributed by atoms with van der Waals surface area (Å²) in [5.41, 5.74) is 2.68. The third kappa shape index (κ3) is 4.43. The summed E-state index contributed by atoms with van der Waals surface area (Å²) >= 11 is 0. The molecule has 1 atom stereocenters. The molecule has 0 radical (unpaired) electrons. The van der Waals surface area contributed by atoms with Crippen LogP contribution in [0.3, 0.4) is 0 Å². The van der Waals surface area contributed by atoms with Crippen molar-refractivity contribution in [2.75, 3.05) is 0 Å². The summed E-state index contributed by atoms with van der Waals surface area (Å²) in [7, 11) is 0. The number of benzene rings is 1. The molecule has 0 aromatic heterocycles. The Morgan fingerprint density at radius 3 is 2.81 bits per heavy atom. The maximum atomic E-state index is 12.5. The first-order valence-electron chi connectivity index (χ1n) is 7.14. The van der Waals surface area contributed by atoms with Crippen LogP contribution in [0, 0.1) is 5.92 Å². The molecule has 0 bridgehead atoms. The van der Waals surface area contributed by atoms with Gasteiger partial charge in [0.25, 0.3) is 0 Å². The van der Waals surface area contributed by atoms with Gasteiger partial charge in [0.1, 0.15) is 0 Å². The van der Waals surface area contributed by atoms with Crippen LogP contribution in [-0.2, 0) is 16.1 Å². The number of nitrogens with zero attached hydrogens (tertiary/aromatic N) is 1. The normalized spacial score (nSPS) is 18.4. The standard InChI is InChI=1S/C16H20N2O3/c19-15(17-21)10-9-14-8-4-5-11-18(16(14)20)12-13-6-2-1-3-7-13/h1-3,5-7,11,14,21H,4,8-10,12H2,(H,17,19). The number of nitrogens with one attached hydrogen (secondary N) is 1. The van der Waals surface area contributed by atoms with Gasteiger partial charge < -0.3 is 4.90 Å². The predicted molar refractivity (Wildman–Crippen MR) is 78.0 cm³/mol. The Kier molecular flexibility index (Phi) is 5.51. The number of hydroxylamine groups is 1. The van der Waals surface area contributed by atoms with Crippen LogP contribution in [0.4, 0.5) is 0 Å². The Balaban J connectivity index is 2.00. The molecule has 2 N–H and O–H groups in total. The van der Waals surface area contributed by atoms with Crippen LogP contribution >= 0.6 is 0 Å². The highest BCUT2D eigenvalue weighted by Gasteiger charge is 2.25. The quantitative estimate of drug-likeness (QED) is 0.645. The van der Waals surface area contributed by atoms with Crippen LogP contribution in [0.25, 0.3) is 0 Å². The number of hydrogen-bond acceptors (Lipinski definition) is 3. The molecule has 2 amide bonds. The van der Waals surface area contributed by atoms with Gasteiger partial charge in [0.2, 0.25) is 11.8 Å². The van der Waals surface area contributed by atoms with Gasteiger partial charge in [0, 0.05) is 18.5 Å². The number of rotatable bonds is 5. The van der Waals surface area contributed by atoms with Gasteiger partial charge >= 0.3 is 0 Å². The minimum Gasteiger partial charge on any atom is -0.315 e. The summed E-state index contributed by atoms with van der Waals surface area (Å²) in [4.78, 5) is 25.4. The summed E-state index contributed by atoms with van der Waals surface area (Å²) in [6.45, 7) is 0.541. The molecule has 112 valence electrons. The predicted octanol–water partition coefficient (Wildman–Crippen LogP) is 2.22. The van der Waals surface area contributed by atoms with E-state index in [1.54, 1.807) is 10.4 Å². The second-order valence-electron chi connectivity index (χ2n) is 5.18. The average molecular weight is 288 g/mol. The lowest BCUT2D eigenvalue weighted by Crippen LogP contribution is -2.31. The van der Waals surface area contributed by atoms with Gasteiger partial charge in [-0.05, 0) is 24.8 Å². The van der Waals surface area contributed by atoms with E-state index in [0.29, 0.717) is 13.0 Å². The van der Waals surface area contributed by atoms with Crippen LogP contribution < -0.4 is 5.48 Å². The van der Waals surface area contributed by atoms with E-state index in [1.165, 1.54) is 0 Å². The molecule has 0 fully saturated rings. The number of carbonyl (C=O) groups is 2. The number of allylic oxidation sites excluding steroid dienone is 1. The summed E-state index contributed by atoms with van der Waals surface area (Å²) in [6.07, 6.45) is 6.00. The summed E-state index contributed by atoms with van der Waals surface area (Å²) in [5.74, 6) is -0.589. The summed E-state index contributed by atoms with van der Waals surface area (Å²) < 4.78 is 0. The minimum atomic E-state index is -0.449. The first-order chi connectivity index (χ1) is 10.2. The topological polar surface area (TPSA) is 69.6 Å². The summed E-state index contributed by atoms with van der Waals surface area (Å²) in [6, 6.07) is 9.81. The van der Waals surface area contributed by atoms with Gasteiger partial charge in [-0.3, -0.25) is 14.8 Å². The molecule has 1 aliphatic rings. The van der Waals surface area contributed by atoms with Crippen LogP contribution in [0.2, 0.25) is 0 Å². The van der Waals surface area contributed by atoms with Crippen molar-refractivity contribution < 1.29 is 14.8 Å². The van der Waals surface area contributed by atoms with Gasteiger partial charge in [0.15, 0.2) is 0 Å². The molecular formula is C16H20N2O3. The Bertz CT molecular complexity index is 514. The molecule has 0 aliphatic carbocycles. The largest absolute Gasteiger partial charge is 0.315 e. The van der Waals surface area contributed by atoms with Crippen molar-refractivity contribution in [3.63, 3.8) is 0 Å². The van der Waals surface area contributed by atoms with Crippen molar-refractivity contribution in [3.05, 3.63) is 48.2 Å². The van der Waals surface area contributed by atoms with E-state index in [2.05, 4.69) is 0 Å². The van der Waals surface area contributed by atoms with E-state index in [9.17, 15) is 9.59 Å². The van der Waals surface area contributed by atoms with E-state index in [1.807, 2.05) is 42.6 Å². The summed E-state index contributed by atoms with van der Waals surface area (Å²) in [5, 5.41) is 8.53. The molecule has 5 heteroatoms. The molecule has 5 nitrogen and oxygen atoms in total. The lowest BCUT2D eigenvalue weighted by molar-refractivity contribution is -0.134. The lowest BCUT2D eigenvalue weighted by atomic mass is 9.96. The second-order valence-corrected chi connectivity index (χ2v) is 5.18. The number of amides is 2. The van der Waals surface area contributed by atoms with E-state index in [0.717, 1.165) is 18.4 Å². The molecule has 2 rings (SSSR count). The molecule has 1 aliphatic heterocycles. The lowest BCUT2D eigenvalue weighted by Gasteiger charge is -2.22. The van der Waals surface area contributed by atoms with Crippen LogP contribution in [0.5, 0.6) is 0 Å². The number of carbonyl (C=O) groups excluding carboxylic acids is 2. The molecule has 1 unspecified atom stereocenters. The monoisotopic (exact) mass is 288 g/mol. The van der Waals surface area contributed by atoms with Gasteiger partial charge in [-0.2, -0.15) is 0 Å². The highest BCUT2D eigenvalue weighted by molar-refractivity contribution is 5.81. The van der Waals surface area contributed by atoms with Gasteiger partial charge in [-0.1, -0.05) is 36.4 Å². The van der Waals surface area contributed by atoms with Crippen molar-refractivity contribution in [3.8, 4) is 0 Å². The van der Waals surface area contributed by atoms with Crippen molar-refractivity contribution >= 4 is 11.8 Å². The molecule has 1 heterocycles. The molecule has 21 heavy (non-hydrogen) atoms. The molecule has 0 saturated heterocycles. The van der Waals surface area contributed by atoms with Crippen molar-refractivity contribution in [1.29, 1.82) is 0 Å². The van der Waals surface area contributed by atoms with Crippen molar-refractivity contribution in [1.82, 2.24) is 10.4 Å². The van der Waals surface area contributed by atoms with Crippen LogP contribution in [0.15, 0.2) is 42.6 Å². The Morgan fingerprint density at radius 1 is 1.33 bits per heavy atom. The zero-order valence-electron chi connectivity index (χ0n) is 11.9. The third-order valence-electron chi connectivity index (χ3n) is 3.64. The van der Waals surface area contributed by atoms with Crippen LogP contribution in [0.1, 0.15) is 31.2 Å². The fourth-order valence-corrected chi connectivity index (χ4v) is 2.47. The molecule has 0 saturated carbocycles. The first-order valence-corrected chi connectivity index (χ1v) is 7.14. The smallest absolute Gasteiger partial charge is 0.243 e. The fourth-order valence-electron chi connectivity index (χ4n) is 2.47. The zero-order valence-corrected chi connectivity index (χ0v) is 11.9. The molecule has 1 aromatic rings. The van der Waals surface area contributed by atoms with E-state index >= 15 is 0 Å². The van der Waals surface area contributed by atoms with E-state index < -0.39 is 5.91 Å². The average Bonchev–Trinajstić information content (AvgIpc) is 2.69. The van der Waals surface area contributed by atoms with Gasteiger partial charge in [0.05, 0.1) is 6.54 Å². The SMILES string of the molecule is O=C(CCC1CCC=CN(Cc2ccccc2)C1=O)NO. The van der Waals surface area contributed by atoms with Gasteiger partial charge in [-0.15, -0.1) is 0 Å². The second kappa shape index (κ2) is 7.59. The Morgan fingerprint density at radius 2 is 2.10 bits per heavy atom.